The molecule has 0 spiro atoms. The number of methoxy groups -OCH3 is 2. The number of ether oxygens (including phenoxy) is 2. The minimum atomic E-state index is -0.587. The molecule has 2 aromatic carbocycles. The fraction of sp³-hybridized carbons (Fsp3) is 0.111. The molecule has 0 heterocycles. The van der Waals surface area contributed by atoms with E-state index in [0.717, 1.165) is 0 Å². The van der Waals surface area contributed by atoms with Crippen LogP contribution in [0.1, 0.15) is 5.56 Å². The van der Waals surface area contributed by atoms with E-state index in [4.69, 9.17) is 21.1 Å². The van der Waals surface area contributed by atoms with Crippen LogP contribution in [0.25, 0.3) is 6.08 Å². The van der Waals surface area contributed by atoms with Gasteiger partial charge in [0.15, 0.2) is 11.5 Å². The normalized spacial score (nSPS) is 10.7. The first kappa shape index (κ1) is 18.2. The number of rotatable bonds is 5. The largest absolute Gasteiger partial charge is 0.502 e. The van der Waals surface area contributed by atoms with Crippen molar-refractivity contribution in [3.63, 3.8) is 0 Å². The summed E-state index contributed by atoms with van der Waals surface area (Å²) >= 11 is 5.87. The number of phenolic OH excluding ortho intramolecular Hbond substituents is 1. The summed E-state index contributed by atoms with van der Waals surface area (Å²) in [5.74, 6) is -0.420. The number of phenols is 1. The summed E-state index contributed by atoms with van der Waals surface area (Å²) in [7, 11) is 2.78. The number of nitriles is 1. The van der Waals surface area contributed by atoms with Crippen molar-refractivity contribution in [3.05, 3.63) is 52.6 Å². The second-order valence-corrected chi connectivity index (χ2v) is 5.34. The highest BCUT2D eigenvalue weighted by atomic mass is 35.5. The van der Waals surface area contributed by atoms with Gasteiger partial charge in [-0.05, 0) is 42.0 Å². The number of nitrogens with zero attached hydrogens (tertiary/aromatic N) is 1. The predicted molar refractivity (Wildman–Crippen MR) is 94.9 cm³/mol. The van der Waals surface area contributed by atoms with E-state index in [1.165, 1.54) is 32.4 Å². The minimum Gasteiger partial charge on any atom is -0.502 e. The Bertz CT molecular complexity index is 847. The van der Waals surface area contributed by atoms with E-state index in [0.29, 0.717) is 16.3 Å². The molecule has 1 amide bonds. The first-order valence-electron chi connectivity index (χ1n) is 7.12. The van der Waals surface area contributed by atoms with Gasteiger partial charge >= 0.3 is 0 Å². The van der Waals surface area contributed by atoms with Gasteiger partial charge < -0.3 is 19.9 Å². The van der Waals surface area contributed by atoms with Crippen molar-refractivity contribution in [1.82, 2.24) is 0 Å². The molecule has 0 radical (unpaired) electrons. The lowest BCUT2D eigenvalue weighted by molar-refractivity contribution is -0.112. The van der Waals surface area contributed by atoms with Crippen LogP contribution in [0.15, 0.2) is 42.0 Å². The molecule has 0 saturated heterocycles. The third-order valence-electron chi connectivity index (χ3n) is 3.26. The summed E-state index contributed by atoms with van der Waals surface area (Å²) in [4.78, 5) is 12.3. The fourth-order valence-electron chi connectivity index (χ4n) is 2.08. The van der Waals surface area contributed by atoms with Crippen molar-refractivity contribution in [2.45, 2.75) is 0 Å². The van der Waals surface area contributed by atoms with Crippen molar-refractivity contribution in [2.24, 2.45) is 0 Å². The standard InChI is InChI=1S/C18H15ClN2O4/c1-24-15-7-11(8-16(25-2)17(15)22)6-12(10-20)18(23)21-14-5-3-4-13(19)9-14/h3-9,22H,1-2H3,(H,21,23)/b12-6+. The number of carbonyl (C=O) groups excluding carboxylic acids is 1. The lowest BCUT2D eigenvalue weighted by Gasteiger charge is -2.10. The molecule has 0 saturated carbocycles. The highest BCUT2D eigenvalue weighted by Gasteiger charge is 2.14. The van der Waals surface area contributed by atoms with Crippen LogP contribution in [0.4, 0.5) is 5.69 Å². The SMILES string of the molecule is COc1cc(/C=C(\C#N)C(=O)Nc2cccc(Cl)c2)cc(OC)c1O. The second-order valence-electron chi connectivity index (χ2n) is 4.91. The quantitative estimate of drug-likeness (QED) is 0.629. The Kier molecular flexibility index (Phi) is 5.88. The molecule has 25 heavy (non-hydrogen) atoms. The van der Waals surface area contributed by atoms with Gasteiger partial charge in [0.2, 0.25) is 5.75 Å². The smallest absolute Gasteiger partial charge is 0.266 e. The van der Waals surface area contributed by atoms with Gasteiger partial charge in [0.05, 0.1) is 14.2 Å². The van der Waals surface area contributed by atoms with Crippen molar-refractivity contribution in [1.29, 1.82) is 5.26 Å². The van der Waals surface area contributed by atoms with Crippen LogP contribution in [-0.2, 0) is 4.79 Å². The molecule has 0 aliphatic rings. The van der Waals surface area contributed by atoms with Crippen LogP contribution in [-0.4, -0.2) is 25.2 Å². The van der Waals surface area contributed by atoms with Gasteiger partial charge in [-0.2, -0.15) is 5.26 Å². The number of hydrogen-bond acceptors (Lipinski definition) is 5. The molecule has 0 bridgehead atoms. The highest BCUT2D eigenvalue weighted by Crippen LogP contribution is 2.37. The van der Waals surface area contributed by atoms with Crippen LogP contribution < -0.4 is 14.8 Å². The zero-order valence-corrected chi connectivity index (χ0v) is 14.3. The lowest BCUT2D eigenvalue weighted by atomic mass is 10.1. The minimum absolute atomic E-state index is 0.130. The molecule has 0 aromatic heterocycles. The van der Waals surface area contributed by atoms with Crippen LogP contribution in [0.5, 0.6) is 17.2 Å². The Morgan fingerprint density at radius 3 is 2.40 bits per heavy atom. The fourth-order valence-corrected chi connectivity index (χ4v) is 2.27. The maximum Gasteiger partial charge on any atom is 0.266 e. The van der Waals surface area contributed by atoms with Crippen molar-refractivity contribution < 1.29 is 19.4 Å². The Morgan fingerprint density at radius 2 is 1.88 bits per heavy atom. The van der Waals surface area contributed by atoms with Gasteiger partial charge in [0, 0.05) is 10.7 Å². The molecule has 2 N–H and O–H groups in total. The van der Waals surface area contributed by atoms with E-state index in [1.54, 1.807) is 24.3 Å². The molecular weight excluding hydrogens is 344 g/mol. The highest BCUT2D eigenvalue weighted by molar-refractivity contribution is 6.31. The van der Waals surface area contributed by atoms with Crippen LogP contribution in [0.2, 0.25) is 5.02 Å². The number of halogens is 1. The first-order chi connectivity index (χ1) is 12.0. The van der Waals surface area contributed by atoms with E-state index < -0.39 is 5.91 Å². The zero-order chi connectivity index (χ0) is 18.4. The van der Waals surface area contributed by atoms with Crippen LogP contribution >= 0.6 is 11.6 Å². The summed E-state index contributed by atoms with van der Waals surface area (Å²) < 4.78 is 10.1. The molecule has 0 unspecified atom stereocenters. The van der Waals surface area contributed by atoms with Gasteiger partial charge in [-0.3, -0.25) is 4.79 Å². The van der Waals surface area contributed by atoms with Crippen molar-refractivity contribution in [2.75, 3.05) is 19.5 Å². The van der Waals surface area contributed by atoms with E-state index in [1.807, 2.05) is 6.07 Å². The van der Waals surface area contributed by atoms with Gasteiger partial charge in [0.25, 0.3) is 5.91 Å². The molecule has 0 fully saturated rings. The molecule has 2 rings (SSSR count). The Hall–Kier alpha value is -3.17. The number of hydrogen-bond donors (Lipinski definition) is 2. The predicted octanol–water partition coefficient (Wildman–Crippen LogP) is 3.61. The number of carbonyl (C=O) groups is 1. The first-order valence-corrected chi connectivity index (χ1v) is 7.50. The summed E-state index contributed by atoms with van der Waals surface area (Å²) in [5, 5.41) is 22.3. The average molecular weight is 359 g/mol. The molecule has 7 heteroatoms. The molecule has 6 nitrogen and oxygen atoms in total. The molecule has 2 aromatic rings. The van der Waals surface area contributed by atoms with Crippen molar-refractivity contribution in [3.8, 4) is 23.3 Å². The summed E-state index contributed by atoms with van der Waals surface area (Å²) in [5.41, 5.74) is 0.804. The average Bonchev–Trinajstić information content (AvgIpc) is 2.60. The lowest BCUT2D eigenvalue weighted by Crippen LogP contribution is -2.13. The number of nitrogens with one attached hydrogen (secondary N) is 1. The van der Waals surface area contributed by atoms with Gasteiger partial charge in [-0.15, -0.1) is 0 Å². The summed E-state index contributed by atoms with van der Waals surface area (Å²) in [6, 6.07) is 11.4. The Labute approximate surface area is 149 Å². The van der Waals surface area contributed by atoms with Crippen molar-refractivity contribution >= 4 is 29.3 Å². The topological polar surface area (TPSA) is 91.6 Å². The van der Waals surface area contributed by atoms with Crippen LogP contribution in [0, 0.1) is 11.3 Å². The number of anilines is 1. The maximum atomic E-state index is 12.3. The maximum absolute atomic E-state index is 12.3. The second kappa shape index (κ2) is 8.08. The zero-order valence-electron chi connectivity index (χ0n) is 13.5. The van der Waals surface area contributed by atoms with Gasteiger partial charge in [-0.1, -0.05) is 17.7 Å². The Morgan fingerprint density at radius 1 is 1.24 bits per heavy atom. The van der Waals surface area contributed by atoms with E-state index in [-0.39, 0.29) is 22.8 Å². The van der Waals surface area contributed by atoms with Gasteiger partial charge in [-0.25, -0.2) is 0 Å². The van der Waals surface area contributed by atoms with Gasteiger partial charge in [0.1, 0.15) is 11.6 Å². The summed E-state index contributed by atoms with van der Waals surface area (Å²) in [6.07, 6.45) is 1.37. The Balaban J connectivity index is 2.33. The monoisotopic (exact) mass is 358 g/mol. The molecule has 0 aliphatic heterocycles. The number of aromatic hydroxyl groups is 1. The summed E-state index contributed by atoms with van der Waals surface area (Å²) in [6.45, 7) is 0. The van der Waals surface area contributed by atoms with E-state index in [2.05, 4.69) is 5.32 Å². The molecule has 0 atom stereocenters. The van der Waals surface area contributed by atoms with E-state index >= 15 is 0 Å². The molecule has 0 aliphatic carbocycles. The van der Waals surface area contributed by atoms with E-state index in [9.17, 15) is 15.2 Å². The molecular formula is C18H15ClN2O4. The third kappa shape index (κ3) is 4.43. The molecule has 128 valence electrons. The third-order valence-corrected chi connectivity index (χ3v) is 3.50. The van der Waals surface area contributed by atoms with Crippen LogP contribution in [0.3, 0.4) is 0 Å². The number of amides is 1. The number of benzene rings is 2.